The predicted molar refractivity (Wildman–Crippen MR) is 110 cm³/mol. The first-order valence-corrected chi connectivity index (χ1v) is 7.75. The fraction of sp³-hybridized carbons (Fsp3) is 0.235. The van der Waals surface area contributed by atoms with Crippen LogP contribution in [0.3, 0.4) is 0 Å². The number of aromatic nitrogens is 1. The maximum Gasteiger partial charge on any atom is 0.387 e. The highest BCUT2D eigenvalue weighted by atomic mass is 127. The number of guanidine groups is 1. The van der Waals surface area contributed by atoms with E-state index < -0.39 is 6.61 Å². The first-order chi connectivity index (χ1) is 12.6. The summed E-state index contributed by atoms with van der Waals surface area (Å²) in [5.74, 6) is 0.153. The van der Waals surface area contributed by atoms with E-state index >= 15 is 0 Å². The zero-order chi connectivity index (χ0) is 18.8. The van der Waals surface area contributed by atoms with Crippen LogP contribution in [0.1, 0.15) is 5.56 Å². The average molecular weight is 491 g/mol. The molecule has 0 aliphatic heterocycles. The second-order valence-electron chi connectivity index (χ2n) is 5.06. The van der Waals surface area contributed by atoms with E-state index in [0.717, 1.165) is 0 Å². The van der Waals surface area contributed by atoms with E-state index in [0.29, 0.717) is 17.2 Å². The maximum absolute atomic E-state index is 12.4. The van der Waals surface area contributed by atoms with Gasteiger partial charge in [0.1, 0.15) is 5.75 Å². The van der Waals surface area contributed by atoms with E-state index in [-0.39, 0.29) is 48.7 Å². The van der Waals surface area contributed by atoms with Crippen molar-refractivity contribution in [3.05, 3.63) is 54.4 Å². The molecular weight excluding hydrogens is 471 g/mol. The number of pyridine rings is 1. The highest BCUT2D eigenvalue weighted by Crippen LogP contribution is 2.19. The van der Waals surface area contributed by atoms with Crippen LogP contribution in [0.5, 0.6) is 5.75 Å². The lowest BCUT2D eigenvalue weighted by Crippen LogP contribution is -2.41. The first kappa shape index (κ1) is 22.5. The van der Waals surface area contributed by atoms with Crippen LogP contribution < -0.4 is 20.7 Å². The molecule has 10 heteroatoms. The van der Waals surface area contributed by atoms with Gasteiger partial charge in [-0.05, 0) is 18.2 Å². The number of amides is 1. The molecule has 0 bridgehead atoms. The molecule has 0 unspecified atom stereocenters. The van der Waals surface area contributed by atoms with Gasteiger partial charge < -0.3 is 20.7 Å². The molecule has 146 valence electrons. The minimum Gasteiger partial charge on any atom is -0.434 e. The van der Waals surface area contributed by atoms with Crippen molar-refractivity contribution in [2.24, 2.45) is 4.99 Å². The Morgan fingerprint density at radius 3 is 2.67 bits per heavy atom. The second kappa shape index (κ2) is 12.0. The number of carbonyl (C=O) groups is 1. The molecule has 0 aliphatic rings. The number of nitrogens with zero attached hydrogens (tertiary/aromatic N) is 2. The van der Waals surface area contributed by atoms with Crippen molar-refractivity contribution in [3.8, 4) is 5.75 Å². The summed E-state index contributed by atoms with van der Waals surface area (Å²) in [5.41, 5.74) is 1.12. The van der Waals surface area contributed by atoms with Crippen LogP contribution in [-0.4, -0.2) is 37.1 Å². The normalized spacial score (nSPS) is 10.7. The van der Waals surface area contributed by atoms with Crippen LogP contribution in [0.25, 0.3) is 0 Å². The maximum atomic E-state index is 12.4. The van der Waals surface area contributed by atoms with Crippen molar-refractivity contribution < 1.29 is 18.3 Å². The van der Waals surface area contributed by atoms with E-state index in [1.807, 2.05) is 0 Å². The van der Waals surface area contributed by atoms with Gasteiger partial charge in [0, 0.05) is 25.4 Å². The van der Waals surface area contributed by atoms with Crippen LogP contribution in [0.4, 0.5) is 14.5 Å². The minimum absolute atomic E-state index is 0. The van der Waals surface area contributed by atoms with E-state index in [9.17, 15) is 13.6 Å². The minimum atomic E-state index is -2.90. The number of para-hydroxylation sites is 1. The molecule has 0 saturated carbocycles. The second-order valence-corrected chi connectivity index (χ2v) is 5.06. The molecule has 0 aliphatic carbocycles. The number of carbonyl (C=O) groups excluding carboxylic acids is 1. The lowest BCUT2D eigenvalue weighted by atomic mass is 10.2. The van der Waals surface area contributed by atoms with E-state index in [2.05, 4.69) is 30.7 Å². The number of nitrogens with one attached hydrogen (secondary N) is 3. The summed E-state index contributed by atoms with van der Waals surface area (Å²) in [6, 6.07) is 9.87. The average Bonchev–Trinajstić information content (AvgIpc) is 2.63. The van der Waals surface area contributed by atoms with Gasteiger partial charge in [-0.2, -0.15) is 8.78 Å². The van der Waals surface area contributed by atoms with E-state index in [1.54, 1.807) is 36.5 Å². The van der Waals surface area contributed by atoms with Gasteiger partial charge in [0.25, 0.3) is 0 Å². The molecule has 0 atom stereocenters. The Morgan fingerprint density at radius 1 is 1.22 bits per heavy atom. The smallest absolute Gasteiger partial charge is 0.387 e. The molecule has 1 heterocycles. The quantitative estimate of drug-likeness (QED) is 0.315. The number of hydrogen-bond donors (Lipinski definition) is 3. The topological polar surface area (TPSA) is 87.6 Å². The lowest BCUT2D eigenvalue weighted by Gasteiger charge is -2.14. The molecule has 0 spiro atoms. The van der Waals surface area contributed by atoms with Crippen LogP contribution >= 0.6 is 24.0 Å². The molecule has 3 N–H and O–H groups in total. The standard InChI is InChI=1S/C17H19F2N5O2.HI/c1-20-17(23-11-15(25)24-13-6-4-8-21-10-13)22-9-12-5-2-3-7-14(12)26-16(18)19;/h2-8,10,16H,9,11H2,1H3,(H,24,25)(H2,20,22,23);1H. The molecule has 0 radical (unpaired) electrons. The Bertz CT molecular complexity index is 747. The van der Waals surface area contributed by atoms with E-state index in [4.69, 9.17) is 0 Å². The number of rotatable bonds is 7. The van der Waals surface area contributed by atoms with E-state index in [1.165, 1.54) is 19.3 Å². The summed E-state index contributed by atoms with van der Waals surface area (Å²) < 4.78 is 29.3. The number of benzene rings is 1. The molecule has 1 amide bonds. The van der Waals surface area contributed by atoms with Crippen LogP contribution in [0, 0.1) is 0 Å². The zero-order valence-corrected chi connectivity index (χ0v) is 16.8. The summed E-state index contributed by atoms with van der Waals surface area (Å²) in [5, 5.41) is 8.45. The number of alkyl halides is 2. The lowest BCUT2D eigenvalue weighted by molar-refractivity contribution is -0.115. The number of aliphatic imine (C=N–C) groups is 1. The third kappa shape index (κ3) is 8.15. The summed E-state index contributed by atoms with van der Waals surface area (Å²) in [6.07, 6.45) is 3.14. The predicted octanol–water partition coefficient (Wildman–Crippen LogP) is 2.60. The van der Waals surface area contributed by atoms with Crippen molar-refractivity contribution in [1.82, 2.24) is 15.6 Å². The SMILES string of the molecule is CN=C(NCC(=O)Nc1cccnc1)NCc1ccccc1OC(F)F.I. The molecule has 27 heavy (non-hydrogen) atoms. The molecule has 0 fully saturated rings. The van der Waals surface area contributed by atoms with Crippen LogP contribution in [0.15, 0.2) is 53.8 Å². The van der Waals surface area contributed by atoms with Crippen molar-refractivity contribution in [1.29, 1.82) is 0 Å². The van der Waals surface area contributed by atoms with Gasteiger partial charge in [-0.15, -0.1) is 24.0 Å². The third-order valence-electron chi connectivity index (χ3n) is 3.22. The summed E-state index contributed by atoms with van der Waals surface area (Å²) >= 11 is 0. The number of hydrogen-bond acceptors (Lipinski definition) is 4. The molecule has 7 nitrogen and oxygen atoms in total. The summed E-state index contributed by atoms with van der Waals surface area (Å²) in [6.45, 7) is -2.72. The van der Waals surface area contributed by atoms with Gasteiger partial charge >= 0.3 is 6.61 Å². The number of anilines is 1. The van der Waals surface area contributed by atoms with Gasteiger partial charge in [0.15, 0.2) is 5.96 Å². The van der Waals surface area contributed by atoms with Gasteiger partial charge in [-0.3, -0.25) is 14.8 Å². The van der Waals surface area contributed by atoms with Crippen molar-refractivity contribution in [3.63, 3.8) is 0 Å². The number of ether oxygens (including phenoxy) is 1. The van der Waals surface area contributed by atoms with Gasteiger partial charge in [0.2, 0.25) is 5.91 Å². The Kier molecular flexibility index (Phi) is 10.0. The fourth-order valence-electron chi connectivity index (χ4n) is 2.07. The molecule has 1 aromatic heterocycles. The third-order valence-corrected chi connectivity index (χ3v) is 3.22. The van der Waals surface area contributed by atoms with Crippen LogP contribution in [-0.2, 0) is 11.3 Å². The van der Waals surface area contributed by atoms with Crippen molar-refractivity contribution in [2.45, 2.75) is 13.2 Å². The Hall–Kier alpha value is -2.50. The first-order valence-electron chi connectivity index (χ1n) is 7.75. The largest absolute Gasteiger partial charge is 0.434 e. The van der Waals surface area contributed by atoms with Crippen molar-refractivity contribution in [2.75, 3.05) is 18.9 Å². The zero-order valence-electron chi connectivity index (χ0n) is 14.5. The summed E-state index contributed by atoms with van der Waals surface area (Å²) in [7, 11) is 1.54. The fourth-order valence-corrected chi connectivity index (χ4v) is 2.07. The van der Waals surface area contributed by atoms with Crippen LogP contribution in [0.2, 0.25) is 0 Å². The molecule has 2 rings (SSSR count). The van der Waals surface area contributed by atoms with Gasteiger partial charge in [0.05, 0.1) is 18.4 Å². The Balaban J connectivity index is 0.00000364. The monoisotopic (exact) mass is 491 g/mol. The molecular formula is C17H20F2IN5O2. The summed E-state index contributed by atoms with van der Waals surface area (Å²) in [4.78, 5) is 19.8. The van der Waals surface area contributed by atoms with Crippen molar-refractivity contribution >= 4 is 41.5 Å². The number of halogens is 3. The highest BCUT2D eigenvalue weighted by molar-refractivity contribution is 14.0. The highest BCUT2D eigenvalue weighted by Gasteiger charge is 2.10. The van der Waals surface area contributed by atoms with Gasteiger partial charge in [-0.25, -0.2) is 0 Å². The molecule has 1 aromatic carbocycles. The molecule has 0 saturated heterocycles. The Morgan fingerprint density at radius 2 is 2.00 bits per heavy atom. The van der Waals surface area contributed by atoms with Gasteiger partial charge in [-0.1, -0.05) is 18.2 Å². The molecule has 2 aromatic rings. The Labute approximate surface area is 172 Å².